The molecule has 1 aromatic carbocycles. The van der Waals surface area contributed by atoms with Crippen LogP contribution >= 0.6 is 11.3 Å². The molecule has 120 valence electrons. The third-order valence-corrected chi connectivity index (χ3v) is 5.80. The molecule has 2 bridgehead atoms. The van der Waals surface area contributed by atoms with Crippen molar-refractivity contribution in [2.24, 2.45) is 5.92 Å². The zero-order valence-electron chi connectivity index (χ0n) is 12.9. The zero-order valence-corrected chi connectivity index (χ0v) is 13.7. The molecule has 3 saturated heterocycles. The summed E-state index contributed by atoms with van der Waals surface area (Å²) in [6, 6.07) is 14.2. The summed E-state index contributed by atoms with van der Waals surface area (Å²) in [5, 5.41) is 3.69. The topological polar surface area (TPSA) is 41.6 Å². The van der Waals surface area contributed by atoms with Gasteiger partial charge >= 0.3 is 6.09 Å². The van der Waals surface area contributed by atoms with Gasteiger partial charge in [-0.15, -0.1) is 0 Å². The molecule has 4 nitrogen and oxygen atoms in total. The highest BCUT2D eigenvalue weighted by molar-refractivity contribution is 7.17. The number of rotatable bonds is 3. The molecule has 0 aliphatic carbocycles. The van der Waals surface area contributed by atoms with E-state index in [0.717, 1.165) is 17.0 Å². The largest absolute Gasteiger partial charge is 0.413 e. The van der Waals surface area contributed by atoms with Crippen molar-refractivity contribution in [3.8, 4) is 15.5 Å². The summed E-state index contributed by atoms with van der Waals surface area (Å²) in [6.45, 7) is 3.30. The first-order valence-electron chi connectivity index (χ1n) is 8.14. The number of piperidine rings is 3. The molecular formula is C18H20N2O2S. The number of thiophene rings is 1. The average Bonchev–Trinajstić information content (AvgIpc) is 3.05. The van der Waals surface area contributed by atoms with Crippen molar-refractivity contribution < 1.29 is 9.53 Å². The molecule has 1 aromatic heterocycles. The summed E-state index contributed by atoms with van der Waals surface area (Å²) in [5.74, 6) is 0.607. The van der Waals surface area contributed by atoms with Gasteiger partial charge in [-0.2, -0.15) is 0 Å². The molecule has 3 aliphatic rings. The zero-order chi connectivity index (χ0) is 15.6. The second-order valence-electron chi connectivity index (χ2n) is 6.26. The fourth-order valence-corrected chi connectivity index (χ4v) is 4.39. The molecule has 2 aromatic rings. The van der Waals surface area contributed by atoms with Crippen LogP contribution in [-0.4, -0.2) is 36.7 Å². The molecule has 1 atom stereocenters. The first kappa shape index (κ1) is 14.7. The van der Waals surface area contributed by atoms with E-state index >= 15 is 0 Å². The number of ether oxygens (including phenoxy) is 1. The Morgan fingerprint density at radius 1 is 1.13 bits per heavy atom. The van der Waals surface area contributed by atoms with Gasteiger partial charge in [-0.3, -0.25) is 0 Å². The number of fused-ring (bicyclic) bond motifs is 3. The summed E-state index contributed by atoms with van der Waals surface area (Å²) < 4.78 is 5.48. The van der Waals surface area contributed by atoms with Crippen LogP contribution in [0.5, 0.6) is 5.06 Å². The number of amides is 1. The minimum atomic E-state index is -0.329. The lowest BCUT2D eigenvalue weighted by Crippen LogP contribution is -2.57. The normalized spacial score (nSPS) is 26.0. The SMILES string of the molecule is O=C(N[C@H]1CN2CCC1CC2)Oc1ccc(-c2ccccc2)s1. The van der Waals surface area contributed by atoms with Crippen molar-refractivity contribution in [2.45, 2.75) is 18.9 Å². The summed E-state index contributed by atoms with van der Waals surface area (Å²) in [4.78, 5) is 15.7. The number of carbonyl (C=O) groups excluding carboxylic acids is 1. The molecule has 5 heteroatoms. The van der Waals surface area contributed by atoms with Crippen LogP contribution in [0, 0.1) is 5.92 Å². The number of benzene rings is 1. The maximum absolute atomic E-state index is 12.2. The van der Waals surface area contributed by atoms with Crippen molar-refractivity contribution in [2.75, 3.05) is 19.6 Å². The highest BCUT2D eigenvalue weighted by Gasteiger charge is 2.35. The third-order valence-electron chi connectivity index (χ3n) is 4.79. The molecule has 0 radical (unpaired) electrons. The van der Waals surface area contributed by atoms with Crippen LogP contribution in [0.15, 0.2) is 42.5 Å². The van der Waals surface area contributed by atoms with Crippen molar-refractivity contribution in [3.63, 3.8) is 0 Å². The van der Waals surface area contributed by atoms with Gasteiger partial charge in [0, 0.05) is 17.5 Å². The summed E-state index contributed by atoms with van der Waals surface area (Å²) in [5.41, 5.74) is 1.14. The van der Waals surface area contributed by atoms with E-state index in [4.69, 9.17) is 4.74 Å². The van der Waals surface area contributed by atoms with Gasteiger partial charge in [-0.05, 0) is 49.5 Å². The van der Waals surface area contributed by atoms with Gasteiger partial charge in [0.1, 0.15) is 0 Å². The highest BCUT2D eigenvalue weighted by atomic mass is 32.1. The van der Waals surface area contributed by atoms with E-state index in [1.165, 1.54) is 37.3 Å². The first-order chi connectivity index (χ1) is 11.3. The number of carbonyl (C=O) groups is 1. The lowest BCUT2D eigenvalue weighted by molar-refractivity contribution is 0.0726. The van der Waals surface area contributed by atoms with Crippen LogP contribution in [0.1, 0.15) is 12.8 Å². The predicted octanol–water partition coefficient (Wildman–Crippen LogP) is 3.60. The maximum Gasteiger partial charge on any atom is 0.413 e. The number of hydrogen-bond acceptors (Lipinski definition) is 4. The maximum atomic E-state index is 12.2. The Labute approximate surface area is 140 Å². The molecule has 0 unspecified atom stereocenters. The van der Waals surface area contributed by atoms with Gasteiger partial charge < -0.3 is 15.0 Å². The van der Waals surface area contributed by atoms with Crippen LogP contribution in [0.4, 0.5) is 4.79 Å². The van der Waals surface area contributed by atoms with Gasteiger partial charge in [0.2, 0.25) is 0 Å². The van der Waals surface area contributed by atoms with Crippen molar-refractivity contribution in [1.82, 2.24) is 10.2 Å². The van der Waals surface area contributed by atoms with E-state index in [9.17, 15) is 4.79 Å². The number of hydrogen-bond donors (Lipinski definition) is 1. The number of nitrogens with zero attached hydrogens (tertiary/aromatic N) is 1. The Kier molecular flexibility index (Phi) is 4.06. The van der Waals surface area contributed by atoms with Crippen LogP contribution < -0.4 is 10.1 Å². The van der Waals surface area contributed by atoms with E-state index in [-0.39, 0.29) is 12.1 Å². The van der Waals surface area contributed by atoms with E-state index in [1.807, 2.05) is 30.3 Å². The van der Waals surface area contributed by atoms with Gasteiger partial charge in [0.05, 0.1) is 0 Å². The van der Waals surface area contributed by atoms with Gasteiger partial charge in [-0.1, -0.05) is 41.7 Å². The molecule has 23 heavy (non-hydrogen) atoms. The Bertz CT molecular complexity index is 677. The van der Waals surface area contributed by atoms with E-state index in [0.29, 0.717) is 11.0 Å². The van der Waals surface area contributed by atoms with E-state index in [1.54, 1.807) is 0 Å². The fourth-order valence-electron chi connectivity index (χ4n) is 3.53. The van der Waals surface area contributed by atoms with Gasteiger partial charge in [0.25, 0.3) is 0 Å². The predicted molar refractivity (Wildman–Crippen MR) is 91.9 cm³/mol. The Morgan fingerprint density at radius 2 is 1.91 bits per heavy atom. The third kappa shape index (κ3) is 3.26. The molecular weight excluding hydrogens is 308 g/mol. The first-order valence-corrected chi connectivity index (χ1v) is 8.95. The summed E-state index contributed by atoms with van der Waals surface area (Å²) in [6.07, 6.45) is 2.04. The highest BCUT2D eigenvalue weighted by Crippen LogP contribution is 2.33. The smallest absolute Gasteiger partial charge is 0.399 e. The second kappa shape index (κ2) is 6.34. The van der Waals surface area contributed by atoms with Crippen LogP contribution in [-0.2, 0) is 0 Å². The van der Waals surface area contributed by atoms with Crippen LogP contribution in [0.25, 0.3) is 10.4 Å². The molecule has 4 heterocycles. The Balaban J connectivity index is 1.37. The minimum absolute atomic E-state index is 0.235. The summed E-state index contributed by atoms with van der Waals surface area (Å²) in [7, 11) is 0. The molecule has 3 fully saturated rings. The monoisotopic (exact) mass is 328 g/mol. The molecule has 0 spiro atoms. The lowest BCUT2D eigenvalue weighted by atomic mass is 9.84. The van der Waals surface area contributed by atoms with Crippen LogP contribution in [0.2, 0.25) is 0 Å². The quantitative estimate of drug-likeness (QED) is 0.936. The minimum Gasteiger partial charge on any atom is -0.399 e. The average molecular weight is 328 g/mol. The Hall–Kier alpha value is -1.85. The second-order valence-corrected chi connectivity index (χ2v) is 7.31. The molecule has 3 aliphatic heterocycles. The summed E-state index contributed by atoms with van der Waals surface area (Å²) >= 11 is 1.50. The fraction of sp³-hybridized carbons (Fsp3) is 0.389. The molecule has 1 N–H and O–H groups in total. The molecule has 1 amide bonds. The van der Waals surface area contributed by atoms with Gasteiger partial charge in [0.15, 0.2) is 5.06 Å². The van der Waals surface area contributed by atoms with Gasteiger partial charge in [-0.25, -0.2) is 4.79 Å². The van der Waals surface area contributed by atoms with E-state index < -0.39 is 0 Å². The van der Waals surface area contributed by atoms with Crippen molar-refractivity contribution >= 4 is 17.4 Å². The van der Waals surface area contributed by atoms with E-state index in [2.05, 4.69) is 22.3 Å². The molecule has 0 saturated carbocycles. The molecule has 5 rings (SSSR count). The van der Waals surface area contributed by atoms with Crippen LogP contribution in [0.3, 0.4) is 0 Å². The Morgan fingerprint density at radius 3 is 2.61 bits per heavy atom. The van der Waals surface area contributed by atoms with Crippen molar-refractivity contribution in [1.29, 1.82) is 0 Å². The number of nitrogens with one attached hydrogen (secondary N) is 1. The van der Waals surface area contributed by atoms with Crippen molar-refractivity contribution in [3.05, 3.63) is 42.5 Å². The lowest BCUT2D eigenvalue weighted by Gasteiger charge is -2.44. The standard InChI is InChI=1S/C18H20N2O2S/c21-18(19-15-12-20-10-8-13(15)9-11-20)22-17-7-6-16(23-17)14-4-2-1-3-5-14/h1-7,13,15H,8-12H2,(H,19,21)/t15-/m0/s1.